The lowest BCUT2D eigenvalue weighted by Gasteiger charge is -2.25. The number of thiazole rings is 1. The van der Waals surface area contributed by atoms with Crippen molar-refractivity contribution in [1.29, 1.82) is 0 Å². The summed E-state index contributed by atoms with van der Waals surface area (Å²) in [7, 11) is 0. The average Bonchev–Trinajstić information content (AvgIpc) is 2.76. The lowest BCUT2D eigenvalue weighted by molar-refractivity contribution is 0.0384. The third-order valence-electron chi connectivity index (χ3n) is 2.50. The number of hydrogen-bond acceptors (Lipinski definition) is 5. The van der Waals surface area contributed by atoms with Crippen molar-refractivity contribution >= 4 is 11.3 Å². The molecule has 2 heterocycles. The van der Waals surface area contributed by atoms with Gasteiger partial charge in [0.05, 0.1) is 29.7 Å². The molecule has 0 saturated carbocycles. The lowest BCUT2D eigenvalue weighted by atomic mass is 10.3. The number of aromatic nitrogens is 1. The van der Waals surface area contributed by atoms with E-state index < -0.39 is 0 Å². The molecule has 1 saturated heterocycles. The highest BCUT2D eigenvalue weighted by atomic mass is 32.1. The first-order chi connectivity index (χ1) is 7.38. The molecule has 5 heteroatoms. The van der Waals surface area contributed by atoms with Crippen LogP contribution in [0.25, 0.3) is 0 Å². The molecule has 84 valence electrons. The molecule has 0 aliphatic carbocycles. The Morgan fingerprint density at radius 1 is 1.47 bits per heavy atom. The van der Waals surface area contributed by atoms with Crippen molar-refractivity contribution in [3.63, 3.8) is 0 Å². The second-order valence-corrected chi connectivity index (χ2v) is 4.78. The van der Waals surface area contributed by atoms with Gasteiger partial charge in [-0.2, -0.15) is 0 Å². The number of aliphatic hydroxyl groups is 1. The number of aliphatic hydroxyl groups excluding tert-OH is 1. The topological polar surface area (TPSA) is 45.6 Å². The van der Waals surface area contributed by atoms with Gasteiger partial charge < -0.3 is 9.84 Å². The summed E-state index contributed by atoms with van der Waals surface area (Å²) in [5.74, 6) is 0. The van der Waals surface area contributed by atoms with Gasteiger partial charge in [0.15, 0.2) is 0 Å². The third kappa shape index (κ3) is 3.24. The Labute approximate surface area is 93.5 Å². The van der Waals surface area contributed by atoms with E-state index in [0.29, 0.717) is 0 Å². The maximum Gasteiger partial charge on any atom is 0.0941 e. The molecule has 1 N–H and O–H groups in total. The zero-order valence-corrected chi connectivity index (χ0v) is 9.50. The highest BCUT2D eigenvalue weighted by Crippen LogP contribution is 2.13. The maximum atomic E-state index is 8.91. The fourth-order valence-corrected chi connectivity index (χ4v) is 2.39. The first-order valence-electron chi connectivity index (χ1n) is 5.23. The van der Waals surface area contributed by atoms with Crippen LogP contribution in [0.15, 0.2) is 6.20 Å². The van der Waals surface area contributed by atoms with Crippen LogP contribution in [0.4, 0.5) is 0 Å². The number of morpholine rings is 1. The SMILES string of the molecule is OCc1cnc(CCN2CCOCC2)s1. The Kier molecular flexibility index (Phi) is 4.08. The summed E-state index contributed by atoms with van der Waals surface area (Å²) < 4.78 is 5.29. The summed E-state index contributed by atoms with van der Waals surface area (Å²) in [5, 5.41) is 10.0. The summed E-state index contributed by atoms with van der Waals surface area (Å²) in [6, 6.07) is 0. The monoisotopic (exact) mass is 228 g/mol. The second-order valence-electron chi connectivity index (χ2n) is 3.58. The number of rotatable bonds is 4. The predicted molar refractivity (Wildman–Crippen MR) is 59.0 cm³/mol. The molecular weight excluding hydrogens is 212 g/mol. The summed E-state index contributed by atoms with van der Waals surface area (Å²) in [4.78, 5) is 7.62. The van der Waals surface area contributed by atoms with Gasteiger partial charge in [0.25, 0.3) is 0 Å². The van der Waals surface area contributed by atoms with E-state index >= 15 is 0 Å². The summed E-state index contributed by atoms with van der Waals surface area (Å²) in [6.07, 6.45) is 2.74. The Balaban J connectivity index is 1.76. The van der Waals surface area contributed by atoms with Crippen LogP contribution in [-0.4, -0.2) is 47.8 Å². The van der Waals surface area contributed by atoms with Crippen molar-refractivity contribution in [3.8, 4) is 0 Å². The third-order valence-corrected chi connectivity index (χ3v) is 3.54. The first-order valence-corrected chi connectivity index (χ1v) is 6.04. The first kappa shape index (κ1) is 11.0. The highest BCUT2D eigenvalue weighted by Gasteiger charge is 2.10. The highest BCUT2D eigenvalue weighted by molar-refractivity contribution is 7.11. The molecule has 1 aromatic rings. The minimum absolute atomic E-state index is 0.106. The minimum atomic E-state index is 0.106. The smallest absolute Gasteiger partial charge is 0.0941 e. The van der Waals surface area contributed by atoms with Crippen molar-refractivity contribution in [1.82, 2.24) is 9.88 Å². The molecule has 1 fully saturated rings. The fraction of sp³-hybridized carbons (Fsp3) is 0.700. The van der Waals surface area contributed by atoms with E-state index in [0.717, 1.165) is 49.2 Å². The van der Waals surface area contributed by atoms with E-state index in [1.54, 1.807) is 17.5 Å². The van der Waals surface area contributed by atoms with Gasteiger partial charge in [-0.1, -0.05) is 0 Å². The van der Waals surface area contributed by atoms with Gasteiger partial charge >= 0.3 is 0 Å². The number of nitrogens with zero attached hydrogens (tertiary/aromatic N) is 2. The molecular formula is C10H16N2O2S. The van der Waals surface area contributed by atoms with E-state index in [-0.39, 0.29) is 6.61 Å². The number of hydrogen-bond donors (Lipinski definition) is 1. The van der Waals surface area contributed by atoms with Crippen molar-refractivity contribution in [2.75, 3.05) is 32.8 Å². The molecule has 2 rings (SSSR count). The second kappa shape index (κ2) is 5.55. The molecule has 0 amide bonds. The summed E-state index contributed by atoms with van der Waals surface area (Å²) in [5.41, 5.74) is 0. The largest absolute Gasteiger partial charge is 0.391 e. The normalized spacial score (nSPS) is 18.2. The van der Waals surface area contributed by atoms with Crippen LogP contribution in [0.2, 0.25) is 0 Å². The Morgan fingerprint density at radius 3 is 2.93 bits per heavy atom. The molecule has 0 radical (unpaired) electrons. The zero-order chi connectivity index (χ0) is 10.5. The Morgan fingerprint density at radius 2 is 2.27 bits per heavy atom. The molecule has 0 unspecified atom stereocenters. The van der Waals surface area contributed by atoms with Crippen molar-refractivity contribution in [2.45, 2.75) is 13.0 Å². The van der Waals surface area contributed by atoms with Gasteiger partial charge in [0.2, 0.25) is 0 Å². The van der Waals surface area contributed by atoms with Gasteiger partial charge in [-0.3, -0.25) is 4.90 Å². The lowest BCUT2D eigenvalue weighted by Crippen LogP contribution is -2.37. The van der Waals surface area contributed by atoms with Gasteiger partial charge in [0, 0.05) is 32.3 Å². The minimum Gasteiger partial charge on any atom is -0.391 e. The fourth-order valence-electron chi connectivity index (χ4n) is 1.62. The standard InChI is InChI=1S/C10H16N2O2S/c13-8-9-7-11-10(15-9)1-2-12-3-5-14-6-4-12/h7,13H,1-6,8H2. The molecule has 0 atom stereocenters. The number of ether oxygens (including phenoxy) is 1. The van der Waals surface area contributed by atoms with Crippen LogP contribution >= 0.6 is 11.3 Å². The molecule has 1 aliphatic heterocycles. The van der Waals surface area contributed by atoms with Crippen molar-refractivity contribution in [3.05, 3.63) is 16.1 Å². The van der Waals surface area contributed by atoms with Crippen LogP contribution < -0.4 is 0 Å². The van der Waals surface area contributed by atoms with Gasteiger partial charge in [0.1, 0.15) is 0 Å². The van der Waals surface area contributed by atoms with Crippen molar-refractivity contribution < 1.29 is 9.84 Å². The molecule has 4 nitrogen and oxygen atoms in total. The van der Waals surface area contributed by atoms with E-state index in [9.17, 15) is 0 Å². The van der Waals surface area contributed by atoms with Crippen LogP contribution in [0.1, 0.15) is 9.88 Å². The van der Waals surface area contributed by atoms with Gasteiger partial charge in [-0.15, -0.1) is 11.3 Å². The van der Waals surface area contributed by atoms with E-state index in [1.807, 2.05) is 0 Å². The summed E-state index contributed by atoms with van der Waals surface area (Å²) in [6.45, 7) is 4.90. The van der Waals surface area contributed by atoms with E-state index in [4.69, 9.17) is 9.84 Å². The maximum absolute atomic E-state index is 8.91. The van der Waals surface area contributed by atoms with Crippen molar-refractivity contribution in [2.24, 2.45) is 0 Å². The molecule has 0 aromatic carbocycles. The predicted octanol–water partition coefficient (Wildman–Crippen LogP) is 0.510. The van der Waals surface area contributed by atoms with E-state index in [2.05, 4.69) is 9.88 Å². The Hall–Kier alpha value is -0.490. The van der Waals surface area contributed by atoms with Crippen LogP contribution in [-0.2, 0) is 17.8 Å². The molecule has 15 heavy (non-hydrogen) atoms. The van der Waals surface area contributed by atoms with Crippen LogP contribution in [0, 0.1) is 0 Å². The van der Waals surface area contributed by atoms with E-state index in [1.165, 1.54) is 0 Å². The van der Waals surface area contributed by atoms with Crippen LogP contribution in [0.5, 0.6) is 0 Å². The quantitative estimate of drug-likeness (QED) is 0.815. The van der Waals surface area contributed by atoms with Crippen LogP contribution in [0.3, 0.4) is 0 Å². The molecule has 0 bridgehead atoms. The Bertz CT molecular complexity index is 297. The molecule has 0 spiro atoms. The summed E-state index contributed by atoms with van der Waals surface area (Å²) >= 11 is 1.60. The molecule has 1 aliphatic rings. The van der Waals surface area contributed by atoms with Gasteiger partial charge in [-0.05, 0) is 0 Å². The zero-order valence-electron chi connectivity index (χ0n) is 8.69. The van der Waals surface area contributed by atoms with Gasteiger partial charge in [-0.25, -0.2) is 4.98 Å². The average molecular weight is 228 g/mol. The molecule has 1 aromatic heterocycles.